The maximum Gasteiger partial charge on any atom is 0.185 e. The van der Waals surface area contributed by atoms with Crippen LogP contribution in [0.5, 0.6) is 0 Å². The van der Waals surface area contributed by atoms with E-state index >= 15 is 0 Å². The van der Waals surface area contributed by atoms with Crippen molar-refractivity contribution >= 4 is 16.5 Å². The molecule has 1 aromatic heterocycles. The van der Waals surface area contributed by atoms with E-state index in [2.05, 4.69) is 22.2 Å². The summed E-state index contributed by atoms with van der Waals surface area (Å²) in [5, 5.41) is 12.8. The van der Waals surface area contributed by atoms with E-state index in [0.29, 0.717) is 5.92 Å². The van der Waals surface area contributed by atoms with Gasteiger partial charge in [-0.2, -0.15) is 0 Å². The molecule has 2 atom stereocenters. The number of aliphatic hydroxyl groups is 1. The minimum Gasteiger partial charge on any atom is -0.393 e. The van der Waals surface area contributed by atoms with Crippen LogP contribution in [0.4, 0.5) is 5.13 Å². The van der Waals surface area contributed by atoms with E-state index in [-0.39, 0.29) is 6.10 Å². The summed E-state index contributed by atoms with van der Waals surface area (Å²) in [6, 6.07) is 0. The summed E-state index contributed by atoms with van der Waals surface area (Å²) in [6.45, 7) is 6.00. The van der Waals surface area contributed by atoms with Crippen molar-refractivity contribution in [2.24, 2.45) is 5.92 Å². The number of rotatable bonds is 3. The van der Waals surface area contributed by atoms with Crippen molar-refractivity contribution in [2.45, 2.75) is 32.8 Å². The summed E-state index contributed by atoms with van der Waals surface area (Å²) in [5.74, 6) is 0.416. The Morgan fingerprint density at radius 2 is 2.53 bits per heavy atom. The topological polar surface area (TPSA) is 36.4 Å². The molecule has 1 aliphatic heterocycles. The molecule has 2 rings (SSSR count). The standard InChI is InChI=1S/C11H18N2OS/c1-3-10-7-15-11(12-10)13-5-4-9(6-13)8(2)14/h7-9,14H,3-6H2,1-2H3. The fourth-order valence-electron chi connectivity index (χ4n) is 1.96. The second-order valence-electron chi connectivity index (χ2n) is 4.21. The predicted octanol–water partition coefficient (Wildman–Crippen LogP) is 1.91. The number of hydrogen-bond acceptors (Lipinski definition) is 4. The van der Waals surface area contributed by atoms with Gasteiger partial charge in [-0.15, -0.1) is 11.3 Å². The summed E-state index contributed by atoms with van der Waals surface area (Å²) in [6.07, 6.45) is 1.89. The van der Waals surface area contributed by atoms with Crippen LogP contribution in [0.2, 0.25) is 0 Å². The van der Waals surface area contributed by atoms with E-state index in [0.717, 1.165) is 31.1 Å². The normalized spacial score (nSPS) is 23.4. The molecule has 1 N–H and O–H groups in total. The van der Waals surface area contributed by atoms with Crippen LogP contribution in [0.15, 0.2) is 5.38 Å². The highest BCUT2D eigenvalue weighted by Gasteiger charge is 2.27. The van der Waals surface area contributed by atoms with Crippen molar-refractivity contribution < 1.29 is 5.11 Å². The first-order valence-corrected chi connectivity index (χ1v) is 6.46. The summed E-state index contributed by atoms with van der Waals surface area (Å²) >= 11 is 1.72. The maximum absolute atomic E-state index is 9.52. The molecule has 0 aromatic carbocycles. The molecular formula is C11H18N2OS. The molecule has 4 heteroatoms. The van der Waals surface area contributed by atoms with Crippen LogP contribution < -0.4 is 4.90 Å². The summed E-state index contributed by atoms with van der Waals surface area (Å²) in [4.78, 5) is 6.86. The maximum atomic E-state index is 9.52. The van der Waals surface area contributed by atoms with E-state index in [1.54, 1.807) is 11.3 Å². The molecule has 0 bridgehead atoms. The Morgan fingerprint density at radius 1 is 1.73 bits per heavy atom. The molecule has 0 radical (unpaired) electrons. The lowest BCUT2D eigenvalue weighted by atomic mass is 10.0. The number of aliphatic hydroxyl groups excluding tert-OH is 1. The second-order valence-corrected chi connectivity index (χ2v) is 5.05. The zero-order valence-corrected chi connectivity index (χ0v) is 10.1. The first-order chi connectivity index (χ1) is 7.20. The van der Waals surface area contributed by atoms with Gasteiger partial charge in [-0.25, -0.2) is 4.98 Å². The van der Waals surface area contributed by atoms with Crippen molar-refractivity contribution in [3.63, 3.8) is 0 Å². The van der Waals surface area contributed by atoms with Gasteiger partial charge in [0.2, 0.25) is 0 Å². The highest BCUT2D eigenvalue weighted by atomic mass is 32.1. The van der Waals surface area contributed by atoms with Crippen LogP contribution in [0.25, 0.3) is 0 Å². The van der Waals surface area contributed by atoms with E-state index in [1.165, 1.54) is 5.69 Å². The summed E-state index contributed by atoms with van der Waals surface area (Å²) < 4.78 is 0. The minimum atomic E-state index is -0.194. The van der Waals surface area contributed by atoms with Gasteiger partial charge in [-0.3, -0.25) is 0 Å². The number of nitrogens with zero attached hydrogens (tertiary/aromatic N) is 2. The Bertz CT molecular complexity index is 324. The Labute approximate surface area is 94.8 Å². The lowest BCUT2D eigenvalue weighted by molar-refractivity contribution is 0.136. The lowest BCUT2D eigenvalue weighted by Gasteiger charge is -2.16. The Morgan fingerprint density at radius 3 is 3.07 bits per heavy atom. The summed E-state index contributed by atoms with van der Waals surface area (Å²) in [5.41, 5.74) is 1.18. The highest BCUT2D eigenvalue weighted by Crippen LogP contribution is 2.28. The number of hydrogen-bond donors (Lipinski definition) is 1. The molecule has 2 unspecified atom stereocenters. The van der Waals surface area contributed by atoms with Gasteiger partial charge in [0, 0.05) is 24.4 Å². The molecule has 0 aliphatic carbocycles. The average molecular weight is 226 g/mol. The van der Waals surface area contributed by atoms with Gasteiger partial charge in [0.15, 0.2) is 5.13 Å². The van der Waals surface area contributed by atoms with Gasteiger partial charge in [0.1, 0.15) is 0 Å². The van der Waals surface area contributed by atoms with E-state index in [9.17, 15) is 5.11 Å². The Hall–Kier alpha value is -0.610. The van der Waals surface area contributed by atoms with Crippen molar-refractivity contribution in [2.75, 3.05) is 18.0 Å². The first kappa shape index (κ1) is 10.9. The van der Waals surface area contributed by atoms with Crippen molar-refractivity contribution in [1.82, 2.24) is 4.98 Å². The van der Waals surface area contributed by atoms with E-state index < -0.39 is 0 Å². The average Bonchev–Trinajstić information content (AvgIpc) is 2.86. The van der Waals surface area contributed by atoms with Crippen LogP contribution in [0, 0.1) is 5.92 Å². The molecule has 1 saturated heterocycles. The van der Waals surface area contributed by atoms with Crippen molar-refractivity contribution in [1.29, 1.82) is 0 Å². The van der Waals surface area contributed by atoms with Crippen molar-refractivity contribution in [3.8, 4) is 0 Å². The zero-order valence-electron chi connectivity index (χ0n) is 9.31. The Balaban J connectivity index is 2.01. The number of aromatic nitrogens is 1. The molecule has 3 nitrogen and oxygen atoms in total. The smallest absolute Gasteiger partial charge is 0.185 e. The third-order valence-corrected chi connectivity index (χ3v) is 4.03. The quantitative estimate of drug-likeness (QED) is 0.855. The first-order valence-electron chi connectivity index (χ1n) is 5.58. The molecular weight excluding hydrogens is 208 g/mol. The highest BCUT2D eigenvalue weighted by molar-refractivity contribution is 7.13. The lowest BCUT2D eigenvalue weighted by Crippen LogP contribution is -2.23. The van der Waals surface area contributed by atoms with Gasteiger partial charge in [0.25, 0.3) is 0 Å². The van der Waals surface area contributed by atoms with Crippen molar-refractivity contribution in [3.05, 3.63) is 11.1 Å². The van der Waals surface area contributed by atoms with Gasteiger partial charge < -0.3 is 10.0 Å². The number of thiazole rings is 1. The van der Waals surface area contributed by atoms with E-state index in [4.69, 9.17) is 0 Å². The van der Waals surface area contributed by atoms with Crippen LogP contribution >= 0.6 is 11.3 Å². The van der Waals surface area contributed by atoms with Crippen LogP contribution in [0.1, 0.15) is 26.0 Å². The van der Waals surface area contributed by atoms with Crippen LogP contribution in [0.3, 0.4) is 0 Å². The fourth-order valence-corrected chi connectivity index (χ4v) is 2.90. The third-order valence-electron chi connectivity index (χ3n) is 3.08. The monoisotopic (exact) mass is 226 g/mol. The van der Waals surface area contributed by atoms with E-state index in [1.807, 2.05) is 6.92 Å². The van der Waals surface area contributed by atoms with Gasteiger partial charge in [-0.1, -0.05) is 6.92 Å². The minimum absolute atomic E-state index is 0.194. The molecule has 1 aliphatic rings. The Kier molecular flexibility index (Phi) is 3.26. The molecule has 84 valence electrons. The number of aryl methyl sites for hydroxylation is 1. The molecule has 1 aromatic rings. The molecule has 0 amide bonds. The second kappa shape index (κ2) is 4.49. The molecule has 1 fully saturated rings. The van der Waals surface area contributed by atoms with Crippen LogP contribution in [-0.2, 0) is 6.42 Å². The van der Waals surface area contributed by atoms with Gasteiger partial charge in [0.05, 0.1) is 11.8 Å². The number of anilines is 1. The SMILES string of the molecule is CCc1csc(N2CCC(C(C)O)C2)n1. The third kappa shape index (κ3) is 2.32. The van der Waals surface area contributed by atoms with Gasteiger partial charge in [-0.05, 0) is 19.8 Å². The molecule has 15 heavy (non-hydrogen) atoms. The molecule has 0 spiro atoms. The zero-order chi connectivity index (χ0) is 10.8. The molecule has 0 saturated carbocycles. The van der Waals surface area contributed by atoms with Crippen LogP contribution in [-0.4, -0.2) is 29.3 Å². The predicted molar refractivity (Wildman–Crippen MR) is 63.5 cm³/mol. The summed E-state index contributed by atoms with van der Waals surface area (Å²) in [7, 11) is 0. The van der Waals surface area contributed by atoms with Gasteiger partial charge >= 0.3 is 0 Å². The molecule has 2 heterocycles. The largest absolute Gasteiger partial charge is 0.393 e. The fraction of sp³-hybridized carbons (Fsp3) is 0.727.